The van der Waals surface area contributed by atoms with E-state index in [-0.39, 0.29) is 5.91 Å². The number of nitrogens with one attached hydrogen (secondary N) is 1. The molecule has 1 aliphatic carbocycles. The van der Waals surface area contributed by atoms with Gasteiger partial charge in [0.25, 0.3) is 5.91 Å². The molecule has 1 aliphatic rings. The maximum absolute atomic E-state index is 11.8. The van der Waals surface area contributed by atoms with Gasteiger partial charge in [0, 0.05) is 12.7 Å². The number of aliphatic hydroxyl groups excluding tert-OH is 1. The summed E-state index contributed by atoms with van der Waals surface area (Å²) in [5.41, 5.74) is 1.07. The van der Waals surface area contributed by atoms with Crippen molar-refractivity contribution in [1.29, 1.82) is 0 Å². The summed E-state index contributed by atoms with van der Waals surface area (Å²) in [6.45, 7) is 2.11. The SMILES string of the molecule is Cc1cnc(C(=O)NCC(O)C2CCCC2)cn1. The molecule has 1 heterocycles. The summed E-state index contributed by atoms with van der Waals surface area (Å²) in [7, 11) is 0. The Hall–Kier alpha value is -1.49. The van der Waals surface area contributed by atoms with E-state index in [0.29, 0.717) is 18.2 Å². The highest BCUT2D eigenvalue weighted by atomic mass is 16.3. The minimum atomic E-state index is -0.449. The molecule has 2 N–H and O–H groups in total. The van der Waals surface area contributed by atoms with Crippen LogP contribution in [0.4, 0.5) is 0 Å². The zero-order chi connectivity index (χ0) is 13.0. The van der Waals surface area contributed by atoms with Crippen LogP contribution in [-0.4, -0.2) is 33.6 Å². The predicted molar refractivity (Wildman–Crippen MR) is 67.1 cm³/mol. The number of carbonyl (C=O) groups is 1. The smallest absolute Gasteiger partial charge is 0.271 e. The van der Waals surface area contributed by atoms with Gasteiger partial charge in [-0.2, -0.15) is 0 Å². The molecule has 1 atom stereocenters. The molecular formula is C13H19N3O2. The Bertz CT molecular complexity index is 399. The van der Waals surface area contributed by atoms with Gasteiger partial charge in [0.1, 0.15) is 5.69 Å². The Morgan fingerprint density at radius 2 is 2.17 bits per heavy atom. The molecule has 1 aromatic heterocycles. The van der Waals surface area contributed by atoms with Gasteiger partial charge >= 0.3 is 0 Å². The third kappa shape index (κ3) is 3.26. The molecule has 0 bridgehead atoms. The fourth-order valence-electron chi connectivity index (χ4n) is 2.31. The van der Waals surface area contributed by atoms with Crippen LogP contribution in [0.15, 0.2) is 12.4 Å². The molecule has 0 aromatic carbocycles. The molecule has 5 nitrogen and oxygen atoms in total. The van der Waals surface area contributed by atoms with Gasteiger partial charge in [-0.05, 0) is 25.7 Å². The maximum atomic E-state index is 11.8. The predicted octanol–water partition coefficient (Wildman–Crippen LogP) is 1.07. The lowest BCUT2D eigenvalue weighted by Gasteiger charge is -2.17. The van der Waals surface area contributed by atoms with Gasteiger partial charge < -0.3 is 10.4 Å². The van der Waals surface area contributed by atoms with E-state index < -0.39 is 6.10 Å². The van der Waals surface area contributed by atoms with Crippen molar-refractivity contribution in [2.75, 3.05) is 6.54 Å². The number of hydrogen-bond donors (Lipinski definition) is 2. The molecular weight excluding hydrogens is 230 g/mol. The number of carbonyl (C=O) groups excluding carboxylic acids is 1. The van der Waals surface area contributed by atoms with Crippen LogP contribution in [0.5, 0.6) is 0 Å². The van der Waals surface area contributed by atoms with Crippen LogP contribution < -0.4 is 5.32 Å². The molecule has 0 spiro atoms. The van der Waals surface area contributed by atoms with Crippen LogP contribution in [0.2, 0.25) is 0 Å². The summed E-state index contributed by atoms with van der Waals surface area (Å²) in [6.07, 6.45) is 7.03. The number of aryl methyl sites for hydroxylation is 1. The lowest BCUT2D eigenvalue weighted by Crippen LogP contribution is -2.36. The Balaban J connectivity index is 1.82. The standard InChI is InChI=1S/C13H19N3O2/c1-9-6-15-11(7-14-9)13(18)16-8-12(17)10-4-2-3-5-10/h6-7,10,12,17H,2-5,8H2,1H3,(H,16,18). The van der Waals surface area contributed by atoms with E-state index in [1.807, 2.05) is 6.92 Å². The number of rotatable bonds is 4. The van der Waals surface area contributed by atoms with E-state index in [4.69, 9.17) is 0 Å². The Kier molecular flexibility index (Phi) is 4.25. The first kappa shape index (κ1) is 13.0. The van der Waals surface area contributed by atoms with Crippen molar-refractivity contribution in [2.45, 2.75) is 38.7 Å². The van der Waals surface area contributed by atoms with E-state index in [2.05, 4.69) is 15.3 Å². The third-order valence-electron chi connectivity index (χ3n) is 3.43. The summed E-state index contributed by atoms with van der Waals surface area (Å²) in [6, 6.07) is 0. The second-order valence-corrected chi connectivity index (χ2v) is 4.86. The second-order valence-electron chi connectivity index (χ2n) is 4.86. The van der Waals surface area contributed by atoms with Crippen molar-refractivity contribution in [1.82, 2.24) is 15.3 Å². The molecule has 2 rings (SSSR count). The van der Waals surface area contributed by atoms with Crippen molar-refractivity contribution in [3.8, 4) is 0 Å². The number of amides is 1. The molecule has 0 aliphatic heterocycles. The van der Waals surface area contributed by atoms with Crippen LogP contribution in [0.3, 0.4) is 0 Å². The first-order valence-corrected chi connectivity index (χ1v) is 6.41. The van der Waals surface area contributed by atoms with Crippen LogP contribution in [0.25, 0.3) is 0 Å². The van der Waals surface area contributed by atoms with E-state index >= 15 is 0 Å². The van der Waals surface area contributed by atoms with Gasteiger partial charge in [-0.25, -0.2) is 4.98 Å². The molecule has 5 heteroatoms. The van der Waals surface area contributed by atoms with Gasteiger partial charge in [-0.3, -0.25) is 9.78 Å². The summed E-state index contributed by atoms with van der Waals surface area (Å²) in [5, 5.41) is 12.6. The molecule has 1 saturated carbocycles. The summed E-state index contributed by atoms with van der Waals surface area (Å²) in [5.74, 6) is 0.0500. The molecule has 1 unspecified atom stereocenters. The highest BCUT2D eigenvalue weighted by Crippen LogP contribution is 2.27. The first-order valence-electron chi connectivity index (χ1n) is 6.41. The fourth-order valence-corrected chi connectivity index (χ4v) is 2.31. The number of hydrogen-bond acceptors (Lipinski definition) is 4. The average molecular weight is 249 g/mol. The Labute approximate surface area is 107 Å². The molecule has 0 saturated heterocycles. The lowest BCUT2D eigenvalue weighted by atomic mass is 10.0. The molecule has 98 valence electrons. The van der Waals surface area contributed by atoms with E-state index in [1.54, 1.807) is 6.20 Å². The van der Waals surface area contributed by atoms with Crippen LogP contribution in [-0.2, 0) is 0 Å². The molecule has 0 radical (unpaired) electrons. The molecule has 1 aromatic rings. The lowest BCUT2D eigenvalue weighted by molar-refractivity contribution is 0.0836. The van der Waals surface area contributed by atoms with Crippen molar-refractivity contribution in [3.05, 3.63) is 23.8 Å². The van der Waals surface area contributed by atoms with Gasteiger partial charge in [-0.15, -0.1) is 0 Å². The van der Waals surface area contributed by atoms with Crippen molar-refractivity contribution >= 4 is 5.91 Å². The quantitative estimate of drug-likeness (QED) is 0.837. The molecule has 1 fully saturated rings. The average Bonchev–Trinajstić information content (AvgIpc) is 2.90. The van der Waals surface area contributed by atoms with Gasteiger partial charge in [-0.1, -0.05) is 12.8 Å². The Morgan fingerprint density at radius 3 is 2.78 bits per heavy atom. The zero-order valence-corrected chi connectivity index (χ0v) is 10.6. The van der Waals surface area contributed by atoms with Gasteiger partial charge in [0.15, 0.2) is 0 Å². The van der Waals surface area contributed by atoms with E-state index in [9.17, 15) is 9.90 Å². The summed E-state index contributed by atoms with van der Waals surface area (Å²) < 4.78 is 0. The number of aromatic nitrogens is 2. The largest absolute Gasteiger partial charge is 0.391 e. The van der Waals surface area contributed by atoms with Gasteiger partial charge in [0.2, 0.25) is 0 Å². The summed E-state index contributed by atoms with van der Waals surface area (Å²) >= 11 is 0. The number of nitrogens with zero attached hydrogens (tertiary/aromatic N) is 2. The molecule has 18 heavy (non-hydrogen) atoms. The Morgan fingerprint density at radius 1 is 1.44 bits per heavy atom. The normalized spacial score (nSPS) is 17.7. The third-order valence-corrected chi connectivity index (χ3v) is 3.43. The topological polar surface area (TPSA) is 75.1 Å². The van der Waals surface area contributed by atoms with Gasteiger partial charge in [0.05, 0.1) is 18.0 Å². The van der Waals surface area contributed by atoms with E-state index in [0.717, 1.165) is 18.5 Å². The highest BCUT2D eigenvalue weighted by Gasteiger charge is 2.23. The monoisotopic (exact) mass is 249 g/mol. The summed E-state index contributed by atoms with van der Waals surface area (Å²) in [4.78, 5) is 19.8. The highest BCUT2D eigenvalue weighted by molar-refractivity contribution is 5.91. The fraction of sp³-hybridized carbons (Fsp3) is 0.615. The van der Waals surface area contributed by atoms with Crippen molar-refractivity contribution in [3.63, 3.8) is 0 Å². The van der Waals surface area contributed by atoms with Crippen LogP contribution in [0.1, 0.15) is 41.9 Å². The molecule has 1 amide bonds. The second kappa shape index (κ2) is 5.91. The zero-order valence-electron chi connectivity index (χ0n) is 10.6. The minimum Gasteiger partial charge on any atom is -0.391 e. The first-order chi connectivity index (χ1) is 8.66. The maximum Gasteiger partial charge on any atom is 0.271 e. The van der Waals surface area contributed by atoms with Crippen molar-refractivity contribution in [2.24, 2.45) is 5.92 Å². The van der Waals surface area contributed by atoms with Crippen LogP contribution in [0, 0.1) is 12.8 Å². The minimum absolute atomic E-state index is 0.278. The van der Waals surface area contributed by atoms with Crippen molar-refractivity contribution < 1.29 is 9.90 Å². The number of aliphatic hydroxyl groups is 1. The van der Waals surface area contributed by atoms with E-state index in [1.165, 1.54) is 19.0 Å². The van der Waals surface area contributed by atoms with Crippen LogP contribution >= 0.6 is 0 Å².